The van der Waals surface area contributed by atoms with E-state index in [0.717, 1.165) is 32.3 Å². The summed E-state index contributed by atoms with van der Waals surface area (Å²) >= 11 is 4.33. The maximum absolute atomic E-state index is 12.9. The van der Waals surface area contributed by atoms with Gasteiger partial charge in [-0.2, -0.15) is 0 Å². The number of thioether (sulfide) groups is 1. The molecular weight excluding hydrogens is 612 g/mol. The molecule has 0 aromatic heterocycles. The Kier molecular flexibility index (Phi) is 9.95. The van der Waals surface area contributed by atoms with Crippen LogP contribution in [0, 0.1) is 13.8 Å². The third kappa shape index (κ3) is 7.42. The van der Waals surface area contributed by atoms with Crippen LogP contribution in [-0.2, 0) is 9.59 Å². The molecule has 1 fully saturated rings. The molecule has 9 nitrogen and oxygen atoms in total. The van der Waals surface area contributed by atoms with Crippen molar-refractivity contribution >= 4 is 56.5 Å². The highest BCUT2D eigenvalue weighted by atomic mass is 79.9. The van der Waals surface area contributed by atoms with Gasteiger partial charge in [-0.25, -0.2) is 0 Å². The van der Waals surface area contributed by atoms with Crippen LogP contribution in [0.2, 0.25) is 0 Å². The Morgan fingerprint density at radius 2 is 1.61 bits per heavy atom. The number of amides is 3. The van der Waals surface area contributed by atoms with E-state index in [1.54, 1.807) is 43.5 Å². The minimum absolute atomic E-state index is 0.0942. The summed E-state index contributed by atoms with van der Waals surface area (Å²) in [5.74, 6) is 1.10. The Bertz CT molecular complexity index is 1510. The van der Waals surface area contributed by atoms with Crippen LogP contribution in [-0.4, -0.2) is 55.9 Å². The molecule has 214 valence electrons. The quantitative estimate of drug-likeness (QED) is 0.247. The van der Waals surface area contributed by atoms with Gasteiger partial charge in [-0.1, -0.05) is 18.2 Å². The Hall–Kier alpha value is -3.96. The highest BCUT2D eigenvalue weighted by molar-refractivity contribution is 9.10. The second-order valence-corrected chi connectivity index (χ2v) is 10.8. The van der Waals surface area contributed by atoms with Crippen LogP contribution >= 0.6 is 27.7 Å². The largest absolute Gasteiger partial charge is 0.493 e. The van der Waals surface area contributed by atoms with Gasteiger partial charge in [0.05, 0.1) is 31.4 Å². The number of carbonyl (C=O) groups is 3. The maximum Gasteiger partial charge on any atom is 0.293 e. The number of nitrogens with one attached hydrogen (secondary N) is 1. The van der Waals surface area contributed by atoms with Gasteiger partial charge in [0, 0.05) is 4.47 Å². The molecule has 1 saturated heterocycles. The lowest BCUT2D eigenvalue weighted by Gasteiger charge is -2.14. The maximum atomic E-state index is 12.9. The van der Waals surface area contributed by atoms with Gasteiger partial charge in [0.15, 0.2) is 29.6 Å². The Morgan fingerprint density at radius 3 is 2.34 bits per heavy atom. The van der Waals surface area contributed by atoms with Crippen molar-refractivity contribution < 1.29 is 33.3 Å². The van der Waals surface area contributed by atoms with Crippen molar-refractivity contribution in [2.75, 3.05) is 39.3 Å². The molecule has 1 aliphatic rings. The number of methoxy groups -OCH3 is 2. The molecule has 0 radical (unpaired) electrons. The molecule has 4 rings (SSSR count). The second-order valence-electron chi connectivity index (χ2n) is 9.00. The van der Waals surface area contributed by atoms with E-state index in [9.17, 15) is 14.4 Å². The molecule has 0 atom stereocenters. The summed E-state index contributed by atoms with van der Waals surface area (Å²) in [6.07, 6.45) is 1.61. The average molecular weight is 642 g/mol. The molecule has 11 heteroatoms. The predicted octanol–water partition coefficient (Wildman–Crippen LogP) is 6.22. The molecule has 3 aromatic rings. The normalized spacial score (nSPS) is 13.9. The Labute approximate surface area is 250 Å². The Morgan fingerprint density at radius 1 is 0.927 bits per heavy atom. The number of imide groups is 1. The van der Waals surface area contributed by atoms with Crippen molar-refractivity contribution in [3.8, 4) is 23.0 Å². The zero-order valence-electron chi connectivity index (χ0n) is 23.0. The first-order valence-electron chi connectivity index (χ1n) is 12.6. The number of halogens is 1. The highest BCUT2D eigenvalue weighted by Gasteiger charge is 2.35. The van der Waals surface area contributed by atoms with Gasteiger partial charge < -0.3 is 24.3 Å². The summed E-state index contributed by atoms with van der Waals surface area (Å²) < 4.78 is 22.9. The average Bonchev–Trinajstić information content (AvgIpc) is 3.22. The third-order valence-electron chi connectivity index (χ3n) is 6.22. The standard InChI is InChI=1S/C30H29BrN2O7S/c1-18-13-21(31)22(14-19(18)2)32-28(34)17-40-25-10-9-20(15-26(25)38-4)16-27-29(35)33(30(36)41-27)11-12-39-24-8-6-5-7-23(24)37-3/h5-10,13-16H,11-12,17H2,1-4H3,(H,32,34)/b27-16-. The first-order chi connectivity index (χ1) is 19.7. The number of nitrogens with zero attached hydrogens (tertiary/aromatic N) is 1. The first kappa shape index (κ1) is 30.0. The molecule has 0 bridgehead atoms. The fraction of sp³-hybridized carbons (Fsp3) is 0.233. The summed E-state index contributed by atoms with van der Waals surface area (Å²) in [7, 11) is 3.02. The zero-order valence-corrected chi connectivity index (χ0v) is 25.4. The van der Waals surface area contributed by atoms with Crippen molar-refractivity contribution in [1.82, 2.24) is 4.90 Å². The van der Waals surface area contributed by atoms with Crippen molar-refractivity contribution in [2.24, 2.45) is 0 Å². The fourth-order valence-electron chi connectivity index (χ4n) is 3.93. The summed E-state index contributed by atoms with van der Waals surface area (Å²) in [5, 5.41) is 2.46. The lowest BCUT2D eigenvalue weighted by molar-refractivity contribution is -0.123. The molecule has 0 spiro atoms. The van der Waals surface area contributed by atoms with Gasteiger partial charge in [0.2, 0.25) is 0 Å². The number of ether oxygens (including phenoxy) is 4. The predicted molar refractivity (Wildman–Crippen MR) is 162 cm³/mol. The highest BCUT2D eigenvalue weighted by Crippen LogP contribution is 2.35. The van der Waals surface area contributed by atoms with E-state index < -0.39 is 5.91 Å². The number of anilines is 1. The van der Waals surface area contributed by atoms with E-state index in [-0.39, 0.29) is 35.8 Å². The third-order valence-corrected chi connectivity index (χ3v) is 7.78. The Balaban J connectivity index is 1.36. The van der Waals surface area contributed by atoms with Crippen molar-refractivity contribution in [3.63, 3.8) is 0 Å². The fourth-order valence-corrected chi connectivity index (χ4v) is 5.35. The van der Waals surface area contributed by atoms with Gasteiger partial charge in [-0.15, -0.1) is 0 Å². The van der Waals surface area contributed by atoms with E-state index in [4.69, 9.17) is 18.9 Å². The number of aryl methyl sites for hydroxylation is 2. The van der Waals surface area contributed by atoms with Gasteiger partial charge in [0.1, 0.15) is 6.61 Å². The van der Waals surface area contributed by atoms with E-state index >= 15 is 0 Å². The van der Waals surface area contributed by atoms with Crippen molar-refractivity contribution in [3.05, 3.63) is 80.7 Å². The lowest BCUT2D eigenvalue weighted by atomic mass is 10.1. The van der Waals surface area contributed by atoms with Crippen LogP contribution in [0.3, 0.4) is 0 Å². The molecule has 41 heavy (non-hydrogen) atoms. The molecule has 1 heterocycles. The monoisotopic (exact) mass is 640 g/mol. The van der Waals surface area contributed by atoms with Gasteiger partial charge >= 0.3 is 0 Å². The first-order valence-corrected chi connectivity index (χ1v) is 14.2. The summed E-state index contributed by atoms with van der Waals surface area (Å²) in [6, 6.07) is 16.0. The van der Waals surface area contributed by atoms with Gasteiger partial charge in [0.25, 0.3) is 17.1 Å². The van der Waals surface area contributed by atoms with Gasteiger partial charge in [-0.05, 0) is 101 Å². The number of rotatable bonds is 11. The number of hydrogen-bond donors (Lipinski definition) is 1. The second kappa shape index (κ2) is 13.6. The molecule has 1 N–H and O–H groups in total. The molecule has 3 amide bonds. The summed E-state index contributed by atoms with van der Waals surface area (Å²) in [5.41, 5.74) is 3.46. The minimum Gasteiger partial charge on any atom is -0.493 e. The van der Waals surface area contributed by atoms with E-state index in [0.29, 0.717) is 34.2 Å². The van der Waals surface area contributed by atoms with Crippen LogP contribution in [0.25, 0.3) is 6.08 Å². The smallest absolute Gasteiger partial charge is 0.293 e. The van der Waals surface area contributed by atoms with Crippen LogP contribution in [0.1, 0.15) is 16.7 Å². The summed E-state index contributed by atoms with van der Waals surface area (Å²) in [4.78, 5) is 39.4. The summed E-state index contributed by atoms with van der Waals surface area (Å²) in [6.45, 7) is 3.95. The van der Waals surface area contributed by atoms with Crippen LogP contribution < -0.4 is 24.3 Å². The SMILES string of the molecule is COc1ccccc1OCCN1C(=O)S/C(=C\c2ccc(OCC(=O)Nc3cc(C)c(C)cc3Br)c(OC)c2)C1=O. The number of carbonyl (C=O) groups excluding carboxylic acids is 3. The van der Waals surface area contributed by atoms with E-state index in [1.165, 1.54) is 7.11 Å². The van der Waals surface area contributed by atoms with Crippen LogP contribution in [0.4, 0.5) is 10.5 Å². The minimum atomic E-state index is -0.405. The molecule has 3 aromatic carbocycles. The topological polar surface area (TPSA) is 103 Å². The van der Waals surface area contributed by atoms with E-state index in [2.05, 4.69) is 21.2 Å². The molecule has 0 unspecified atom stereocenters. The number of benzene rings is 3. The molecule has 0 saturated carbocycles. The van der Waals surface area contributed by atoms with E-state index in [1.807, 2.05) is 38.1 Å². The van der Waals surface area contributed by atoms with Crippen molar-refractivity contribution in [2.45, 2.75) is 13.8 Å². The lowest BCUT2D eigenvalue weighted by Crippen LogP contribution is -2.32. The molecule has 0 aliphatic carbocycles. The number of hydrogen-bond acceptors (Lipinski definition) is 8. The molecular formula is C30H29BrN2O7S. The van der Waals surface area contributed by atoms with Crippen molar-refractivity contribution in [1.29, 1.82) is 0 Å². The zero-order chi connectivity index (χ0) is 29.5. The molecule has 1 aliphatic heterocycles. The van der Waals surface area contributed by atoms with Gasteiger partial charge in [-0.3, -0.25) is 19.3 Å². The number of para-hydroxylation sites is 2. The van der Waals surface area contributed by atoms with Crippen LogP contribution in [0.15, 0.2) is 64.0 Å². The van der Waals surface area contributed by atoms with Crippen LogP contribution in [0.5, 0.6) is 23.0 Å².